The molecule has 3 aromatic carbocycles. The maximum atomic E-state index is 14.2. The van der Waals surface area contributed by atoms with E-state index in [1.54, 1.807) is 10.7 Å². The number of hydrogen-bond donors (Lipinski definition) is 2. The minimum Gasteiger partial charge on any atom is -0.339 e. The Morgan fingerprint density at radius 1 is 0.976 bits per heavy atom. The molecule has 1 aliphatic heterocycles. The fourth-order valence-electron chi connectivity index (χ4n) is 6.51. The van der Waals surface area contributed by atoms with Gasteiger partial charge in [-0.1, -0.05) is 66.7 Å². The number of aryl methyl sites for hydroxylation is 1. The van der Waals surface area contributed by atoms with Crippen molar-refractivity contribution in [3.8, 4) is 11.3 Å². The Hall–Kier alpha value is -4.01. The van der Waals surface area contributed by atoms with Gasteiger partial charge < -0.3 is 16.0 Å². The Labute approximate surface area is 253 Å². The molecule has 2 aromatic heterocycles. The van der Waals surface area contributed by atoms with E-state index in [9.17, 15) is 4.79 Å². The van der Waals surface area contributed by atoms with Crippen molar-refractivity contribution in [2.24, 2.45) is 5.73 Å². The number of aromatic nitrogens is 3. The average molecular weight is 622 g/mol. The number of piperidine rings is 1. The van der Waals surface area contributed by atoms with Crippen LogP contribution in [0.1, 0.15) is 57.8 Å². The van der Waals surface area contributed by atoms with Crippen LogP contribution in [0, 0.1) is 0 Å². The van der Waals surface area contributed by atoms with Crippen LogP contribution in [-0.4, -0.2) is 38.5 Å². The number of nitrogens with two attached hydrogens (primary N) is 1. The molecular weight excluding hydrogens is 588 g/mol. The molecular formula is C34H33BrN6O. The van der Waals surface area contributed by atoms with E-state index in [4.69, 9.17) is 15.8 Å². The van der Waals surface area contributed by atoms with Crippen LogP contribution in [0.25, 0.3) is 16.9 Å². The van der Waals surface area contributed by atoms with Gasteiger partial charge in [0.2, 0.25) is 0 Å². The SMILES string of the molecule is NCc1ccccc1-c1nn2c(Nc3cccc4c3CCC4)c(C(=O)N3CCC(c4ccccc4)CC3)cnc2c1Br. The number of rotatable bonds is 6. The molecule has 1 fully saturated rings. The number of nitrogens with zero attached hydrogens (tertiary/aromatic N) is 4. The highest BCUT2D eigenvalue weighted by atomic mass is 79.9. The second kappa shape index (κ2) is 11.3. The molecule has 3 N–H and O–H groups in total. The van der Waals surface area contributed by atoms with Gasteiger partial charge in [0, 0.05) is 37.1 Å². The molecule has 212 valence electrons. The molecule has 42 heavy (non-hydrogen) atoms. The van der Waals surface area contributed by atoms with Crippen LogP contribution in [-0.2, 0) is 19.4 Å². The van der Waals surface area contributed by atoms with E-state index in [1.807, 2.05) is 29.2 Å². The molecule has 7 nitrogen and oxygen atoms in total. The van der Waals surface area contributed by atoms with E-state index in [0.29, 0.717) is 42.6 Å². The molecule has 0 atom stereocenters. The van der Waals surface area contributed by atoms with Gasteiger partial charge in [-0.3, -0.25) is 4.79 Å². The zero-order chi connectivity index (χ0) is 28.6. The van der Waals surface area contributed by atoms with Crippen LogP contribution in [0.4, 0.5) is 11.5 Å². The molecule has 3 heterocycles. The minimum absolute atomic E-state index is 0.0264. The zero-order valence-electron chi connectivity index (χ0n) is 23.4. The molecule has 0 unspecified atom stereocenters. The van der Waals surface area contributed by atoms with Crippen LogP contribution in [0.2, 0.25) is 0 Å². The van der Waals surface area contributed by atoms with Crippen LogP contribution < -0.4 is 11.1 Å². The van der Waals surface area contributed by atoms with Crippen LogP contribution in [0.5, 0.6) is 0 Å². The number of fused-ring (bicyclic) bond motifs is 2. The lowest BCUT2D eigenvalue weighted by Gasteiger charge is -2.32. The van der Waals surface area contributed by atoms with Gasteiger partial charge in [0.05, 0.1) is 4.47 Å². The highest BCUT2D eigenvalue weighted by Gasteiger charge is 2.29. The Balaban J connectivity index is 1.30. The summed E-state index contributed by atoms with van der Waals surface area (Å²) in [6.45, 7) is 1.80. The highest BCUT2D eigenvalue weighted by Crippen LogP contribution is 2.37. The fourth-order valence-corrected chi connectivity index (χ4v) is 7.08. The Bertz CT molecular complexity index is 1770. The minimum atomic E-state index is -0.0264. The van der Waals surface area contributed by atoms with Crippen molar-refractivity contribution >= 4 is 39.0 Å². The number of anilines is 2. The molecule has 1 amide bonds. The third kappa shape index (κ3) is 4.78. The quantitative estimate of drug-likeness (QED) is 0.216. The summed E-state index contributed by atoms with van der Waals surface area (Å²) in [5, 5.41) is 8.70. The van der Waals surface area contributed by atoms with E-state index >= 15 is 0 Å². The Morgan fingerprint density at radius 3 is 2.57 bits per heavy atom. The second-order valence-corrected chi connectivity index (χ2v) is 12.0. The normalized spacial score (nSPS) is 15.2. The number of nitrogens with one attached hydrogen (secondary N) is 1. The first-order valence-electron chi connectivity index (χ1n) is 14.7. The summed E-state index contributed by atoms with van der Waals surface area (Å²) in [7, 11) is 0. The van der Waals surface area contributed by atoms with Gasteiger partial charge in [0.1, 0.15) is 17.1 Å². The summed E-state index contributed by atoms with van der Waals surface area (Å²) in [4.78, 5) is 20.9. The Morgan fingerprint density at radius 2 is 1.76 bits per heavy atom. The van der Waals surface area contributed by atoms with Gasteiger partial charge in [-0.2, -0.15) is 9.61 Å². The van der Waals surface area contributed by atoms with Gasteiger partial charge in [-0.05, 0) is 82.3 Å². The van der Waals surface area contributed by atoms with Crippen molar-refractivity contribution in [2.45, 2.75) is 44.6 Å². The predicted molar refractivity (Wildman–Crippen MR) is 170 cm³/mol. The van der Waals surface area contributed by atoms with Crippen molar-refractivity contribution < 1.29 is 4.79 Å². The van der Waals surface area contributed by atoms with Crippen LogP contribution in [0.3, 0.4) is 0 Å². The molecule has 0 bridgehead atoms. The van der Waals surface area contributed by atoms with E-state index in [1.165, 1.54) is 16.7 Å². The fraction of sp³-hybridized carbons (Fsp3) is 0.265. The number of amides is 1. The van der Waals surface area contributed by atoms with E-state index in [-0.39, 0.29) is 5.91 Å². The zero-order valence-corrected chi connectivity index (χ0v) is 25.0. The molecule has 7 rings (SSSR count). The maximum Gasteiger partial charge on any atom is 0.259 e. The molecule has 0 spiro atoms. The molecule has 5 aromatic rings. The number of carbonyl (C=O) groups is 1. The van der Waals surface area contributed by atoms with Crippen molar-refractivity contribution in [2.75, 3.05) is 18.4 Å². The number of benzene rings is 3. The lowest BCUT2D eigenvalue weighted by Crippen LogP contribution is -2.38. The van der Waals surface area contributed by atoms with Crippen molar-refractivity contribution in [3.63, 3.8) is 0 Å². The van der Waals surface area contributed by atoms with E-state index in [2.05, 4.69) is 69.8 Å². The van der Waals surface area contributed by atoms with Crippen molar-refractivity contribution in [1.82, 2.24) is 19.5 Å². The number of hydrogen-bond acceptors (Lipinski definition) is 5. The summed E-state index contributed by atoms with van der Waals surface area (Å²) < 4.78 is 2.55. The van der Waals surface area contributed by atoms with E-state index in [0.717, 1.165) is 59.1 Å². The first-order valence-corrected chi connectivity index (χ1v) is 15.5. The lowest BCUT2D eigenvalue weighted by molar-refractivity contribution is 0.0713. The van der Waals surface area contributed by atoms with E-state index < -0.39 is 0 Å². The smallest absolute Gasteiger partial charge is 0.259 e. The predicted octanol–water partition coefficient (Wildman–Crippen LogP) is 6.87. The molecule has 0 radical (unpaired) electrons. The molecule has 1 aliphatic carbocycles. The first kappa shape index (κ1) is 26.9. The molecule has 8 heteroatoms. The van der Waals surface area contributed by atoms with Gasteiger partial charge in [0.15, 0.2) is 5.65 Å². The summed E-state index contributed by atoms with van der Waals surface area (Å²) in [5.41, 5.74) is 15.0. The maximum absolute atomic E-state index is 14.2. The molecule has 1 saturated heterocycles. The lowest BCUT2D eigenvalue weighted by atomic mass is 9.89. The summed E-state index contributed by atoms with van der Waals surface area (Å²) in [6.07, 6.45) is 6.81. The number of halogens is 1. The van der Waals surface area contributed by atoms with Gasteiger partial charge in [-0.25, -0.2) is 4.98 Å². The first-order chi connectivity index (χ1) is 20.6. The Kier molecular flexibility index (Phi) is 7.25. The van der Waals surface area contributed by atoms with Crippen molar-refractivity contribution in [1.29, 1.82) is 0 Å². The monoisotopic (exact) mass is 620 g/mol. The summed E-state index contributed by atoms with van der Waals surface area (Å²) >= 11 is 3.78. The third-order valence-electron chi connectivity index (χ3n) is 8.76. The topological polar surface area (TPSA) is 88.5 Å². The molecule has 2 aliphatic rings. The van der Waals surface area contributed by atoms with Gasteiger partial charge in [0.25, 0.3) is 5.91 Å². The second-order valence-electron chi connectivity index (χ2n) is 11.2. The van der Waals surface area contributed by atoms with Crippen LogP contribution in [0.15, 0.2) is 83.5 Å². The van der Waals surface area contributed by atoms with Gasteiger partial charge in [-0.15, -0.1) is 0 Å². The highest BCUT2D eigenvalue weighted by molar-refractivity contribution is 9.10. The summed E-state index contributed by atoms with van der Waals surface area (Å²) in [6, 6.07) is 25.0. The number of carbonyl (C=O) groups excluding carboxylic acids is 1. The van der Waals surface area contributed by atoms with Crippen LogP contribution >= 0.6 is 15.9 Å². The van der Waals surface area contributed by atoms with Crippen molar-refractivity contribution in [3.05, 3.63) is 111 Å². The average Bonchev–Trinajstić information content (AvgIpc) is 3.67. The third-order valence-corrected chi connectivity index (χ3v) is 9.49. The molecule has 0 saturated carbocycles. The number of likely N-dealkylation sites (tertiary alicyclic amines) is 1. The van der Waals surface area contributed by atoms with Gasteiger partial charge >= 0.3 is 0 Å². The summed E-state index contributed by atoms with van der Waals surface area (Å²) in [5.74, 6) is 1.07. The largest absolute Gasteiger partial charge is 0.339 e. The standard InChI is InChI=1S/C34H33BrN6O/c35-30-31(27-13-5-4-10-25(27)20-36)39-41-32(38-29-15-7-12-24-11-6-14-26(24)29)28(21-37-33(30)41)34(42)40-18-16-23(17-19-40)22-8-2-1-3-9-22/h1-5,7-10,12-13,15,21,23,38H,6,11,14,16-20,36H2.